The van der Waals surface area contributed by atoms with Crippen molar-refractivity contribution in [2.24, 2.45) is 0 Å². The van der Waals surface area contributed by atoms with Gasteiger partial charge in [0.2, 0.25) is 6.10 Å². The van der Waals surface area contributed by atoms with Gasteiger partial charge < -0.3 is 24.2 Å². The summed E-state index contributed by atoms with van der Waals surface area (Å²) >= 11 is 0. The molecule has 0 aromatic carbocycles. The maximum Gasteiger partial charge on any atom is 0.333 e. The predicted molar refractivity (Wildman–Crippen MR) is 68.5 cm³/mol. The SMILES string of the molecule is C=CCCCO[C@@H]1[C@H]2OC(C)(C)O[C@H]2O[C@@H]1C#[N+][O-]. The van der Waals surface area contributed by atoms with Crippen molar-refractivity contribution in [1.82, 2.24) is 0 Å². The number of unbranched alkanes of at least 4 members (excludes halogenated alkanes) is 1. The molecule has 0 N–H and O–H groups in total. The first-order valence-electron chi connectivity index (χ1n) is 6.39. The van der Waals surface area contributed by atoms with E-state index in [2.05, 4.69) is 17.7 Å². The highest BCUT2D eigenvalue weighted by molar-refractivity contribution is 5.08. The molecule has 0 spiro atoms. The first-order valence-corrected chi connectivity index (χ1v) is 6.39. The Bertz CT molecular complexity index is 386. The third-order valence-electron chi connectivity index (χ3n) is 3.03. The largest absolute Gasteiger partial charge is 0.498 e. The molecule has 2 heterocycles. The second-order valence-electron chi connectivity index (χ2n) is 5.01. The molecule has 0 unspecified atom stereocenters. The van der Waals surface area contributed by atoms with Crippen LogP contribution in [0.5, 0.6) is 0 Å². The lowest BCUT2D eigenvalue weighted by Gasteiger charge is -2.22. The fourth-order valence-corrected chi connectivity index (χ4v) is 2.26. The van der Waals surface area contributed by atoms with E-state index in [0.717, 1.165) is 12.8 Å². The molecule has 4 atom stereocenters. The van der Waals surface area contributed by atoms with Crippen LogP contribution in [0.3, 0.4) is 0 Å². The minimum atomic E-state index is -0.711. The minimum absolute atomic E-state index is 0.363. The molecule has 2 aliphatic rings. The average molecular weight is 269 g/mol. The Morgan fingerprint density at radius 2 is 2.26 bits per heavy atom. The van der Waals surface area contributed by atoms with Gasteiger partial charge in [-0.25, -0.2) is 0 Å². The minimum Gasteiger partial charge on any atom is -0.498 e. The van der Waals surface area contributed by atoms with Crippen molar-refractivity contribution in [1.29, 1.82) is 0 Å². The number of hydrogen-bond acceptors (Lipinski definition) is 5. The highest BCUT2D eigenvalue weighted by Crippen LogP contribution is 2.38. The molecule has 2 rings (SSSR count). The summed E-state index contributed by atoms with van der Waals surface area (Å²) in [6, 6.07) is 2.33. The van der Waals surface area contributed by atoms with Crippen molar-refractivity contribution < 1.29 is 18.9 Å². The van der Waals surface area contributed by atoms with E-state index in [4.69, 9.17) is 18.9 Å². The van der Waals surface area contributed by atoms with Crippen LogP contribution in [0.25, 0.3) is 5.01 Å². The molecule has 0 radical (unpaired) electrons. The Morgan fingerprint density at radius 3 is 2.95 bits per heavy atom. The lowest BCUT2D eigenvalue weighted by atomic mass is 10.1. The Kier molecular flexibility index (Phi) is 4.42. The molecule has 0 saturated carbocycles. The van der Waals surface area contributed by atoms with Crippen molar-refractivity contribution in [3.63, 3.8) is 0 Å². The highest BCUT2D eigenvalue weighted by Gasteiger charge is 2.56. The lowest BCUT2D eigenvalue weighted by molar-refractivity contribution is -0.211. The molecule has 2 saturated heterocycles. The normalized spacial score (nSPS) is 35.5. The van der Waals surface area contributed by atoms with E-state index in [0.29, 0.717) is 6.61 Å². The summed E-state index contributed by atoms with van der Waals surface area (Å²) in [4.78, 5) is 0. The smallest absolute Gasteiger partial charge is 0.333 e. The van der Waals surface area contributed by atoms with Gasteiger partial charge >= 0.3 is 6.07 Å². The van der Waals surface area contributed by atoms with Crippen LogP contribution in [0.2, 0.25) is 0 Å². The first kappa shape index (κ1) is 14.3. The van der Waals surface area contributed by atoms with E-state index in [-0.39, 0.29) is 6.10 Å². The van der Waals surface area contributed by atoms with Gasteiger partial charge in [-0.05, 0) is 26.7 Å². The molecular weight excluding hydrogens is 250 g/mol. The number of rotatable bonds is 5. The van der Waals surface area contributed by atoms with E-state index in [1.165, 1.54) is 0 Å². The second kappa shape index (κ2) is 5.88. The Balaban J connectivity index is 1.97. The molecule has 0 aromatic heterocycles. The van der Waals surface area contributed by atoms with Crippen molar-refractivity contribution in [3.05, 3.63) is 22.9 Å². The van der Waals surface area contributed by atoms with Crippen LogP contribution in [0, 0.1) is 11.3 Å². The molecule has 0 aliphatic carbocycles. The third kappa shape index (κ3) is 3.25. The van der Waals surface area contributed by atoms with Crippen LogP contribution in [-0.4, -0.2) is 37.0 Å². The molecule has 106 valence electrons. The van der Waals surface area contributed by atoms with Crippen molar-refractivity contribution in [2.45, 2.75) is 57.1 Å². The maximum absolute atomic E-state index is 10.3. The summed E-state index contributed by atoms with van der Waals surface area (Å²) in [5.41, 5.74) is 0. The molecule has 19 heavy (non-hydrogen) atoms. The van der Waals surface area contributed by atoms with E-state index in [1.54, 1.807) is 0 Å². The number of ether oxygens (including phenoxy) is 4. The Labute approximate surface area is 112 Å². The number of allylic oxidation sites excluding steroid dienone is 1. The number of fused-ring (bicyclic) bond motifs is 1. The predicted octanol–water partition coefficient (Wildman–Crippen LogP) is 2.04. The van der Waals surface area contributed by atoms with E-state index < -0.39 is 24.3 Å². The molecule has 0 bridgehead atoms. The molecule has 0 amide bonds. The van der Waals surface area contributed by atoms with Gasteiger partial charge in [-0.15, -0.1) is 6.58 Å². The molecule has 2 aliphatic heterocycles. The van der Waals surface area contributed by atoms with Gasteiger partial charge in [0.25, 0.3) is 0 Å². The van der Waals surface area contributed by atoms with Crippen LogP contribution in [0.1, 0.15) is 26.7 Å². The van der Waals surface area contributed by atoms with Gasteiger partial charge in [-0.3, -0.25) is 0 Å². The van der Waals surface area contributed by atoms with Crippen molar-refractivity contribution in [2.75, 3.05) is 6.61 Å². The van der Waals surface area contributed by atoms with Crippen molar-refractivity contribution in [3.8, 4) is 6.07 Å². The van der Waals surface area contributed by atoms with Gasteiger partial charge in [0.1, 0.15) is 12.2 Å². The van der Waals surface area contributed by atoms with Gasteiger partial charge in [0, 0.05) is 11.6 Å². The fraction of sp³-hybridized carbons (Fsp3) is 0.769. The average Bonchev–Trinajstić information content (AvgIpc) is 2.78. The summed E-state index contributed by atoms with van der Waals surface area (Å²) in [6.45, 7) is 7.80. The van der Waals surface area contributed by atoms with Crippen LogP contribution in [-0.2, 0) is 18.9 Å². The number of nitrogens with zero attached hydrogens (tertiary/aromatic N) is 1. The van der Waals surface area contributed by atoms with Gasteiger partial charge in [0.05, 0.1) is 0 Å². The van der Waals surface area contributed by atoms with Crippen LogP contribution in [0.4, 0.5) is 0 Å². The standard InChI is InChI=1S/C13H19NO5/c1-4-5-6-7-16-10-9(8-14-15)17-12-11(10)18-13(2,3)19-12/h4,9-12H,1,5-7H2,2-3H3/t9-,10+,11-,12-/m1/s1. The Hall–Kier alpha value is -1.13. The summed E-state index contributed by atoms with van der Waals surface area (Å²) in [6.07, 6.45) is 1.58. The molecule has 6 nitrogen and oxygen atoms in total. The highest BCUT2D eigenvalue weighted by atomic mass is 16.8. The maximum atomic E-state index is 10.3. The van der Waals surface area contributed by atoms with Crippen LogP contribution in [0.15, 0.2) is 12.7 Å². The molecule has 2 fully saturated rings. The number of hydrogen-bond donors (Lipinski definition) is 0. The summed E-state index contributed by atoms with van der Waals surface area (Å²) in [7, 11) is 0. The monoisotopic (exact) mass is 269 g/mol. The fourth-order valence-electron chi connectivity index (χ4n) is 2.26. The summed E-state index contributed by atoms with van der Waals surface area (Å²) < 4.78 is 22.6. The molecule has 0 aromatic rings. The summed E-state index contributed by atoms with van der Waals surface area (Å²) in [5, 5.41) is 13.0. The van der Waals surface area contributed by atoms with Crippen LogP contribution < -0.4 is 0 Å². The molecule has 6 heteroatoms. The zero-order valence-electron chi connectivity index (χ0n) is 11.2. The third-order valence-corrected chi connectivity index (χ3v) is 3.03. The molecular formula is C13H19NO5. The lowest BCUT2D eigenvalue weighted by Crippen LogP contribution is -2.36. The first-order chi connectivity index (χ1) is 9.07. The zero-order chi connectivity index (χ0) is 13.9. The van der Waals surface area contributed by atoms with E-state index in [1.807, 2.05) is 19.9 Å². The topological polar surface area (TPSA) is 64.3 Å². The Morgan fingerprint density at radius 1 is 1.47 bits per heavy atom. The van der Waals surface area contributed by atoms with E-state index in [9.17, 15) is 5.21 Å². The van der Waals surface area contributed by atoms with Gasteiger partial charge in [0.15, 0.2) is 12.1 Å². The van der Waals surface area contributed by atoms with Crippen LogP contribution >= 0.6 is 0 Å². The second-order valence-corrected chi connectivity index (χ2v) is 5.01. The van der Waals surface area contributed by atoms with Gasteiger partial charge in [-0.2, -0.15) is 0 Å². The zero-order valence-corrected chi connectivity index (χ0v) is 11.2. The quantitative estimate of drug-likeness (QED) is 0.434. The van der Waals surface area contributed by atoms with Crippen molar-refractivity contribution >= 4 is 0 Å². The van der Waals surface area contributed by atoms with Gasteiger partial charge in [-0.1, -0.05) is 6.08 Å². The summed E-state index contributed by atoms with van der Waals surface area (Å²) in [5.74, 6) is -0.711. The van der Waals surface area contributed by atoms with E-state index >= 15 is 0 Å².